The summed E-state index contributed by atoms with van der Waals surface area (Å²) in [5, 5.41) is 0. The molecule has 0 aliphatic carbocycles. The van der Waals surface area contributed by atoms with Crippen LogP contribution >= 0.6 is 0 Å². The van der Waals surface area contributed by atoms with Crippen LogP contribution in [0.25, 0.3) is 0 Å². The van der Waals surface area contributed by atoms with Crippen molar-refractivity contribution in [1.82, 2.24) is 0 Å². The van der Waals surface area contributed by atoms with Crippen LogP contribution in [0.15, 0.2) is 48.0 Å². The zero-order valence-electron chi connectivity index (χ0n) is 10.3. The molecule has 1 aliphatic rings. The number of allylic oxidation sites excluding steroid dienone is 1. The highest BCUT2D eigenvalue weighted by atomic mass is 16.5. The monoisotopic (exact) mass is 243 g/mol. The molecule has 0 aromatic heterocycles. The number of carbonyl (C=O) groups excluding carboxylic acids is 1. The fraction of sp³-hybridized carbons (Fsp3) is 0.333. The Hall–Kier alpha value is -1.90. The summed E-state index contributed by atoms with van der Waals surface area (Å²) < 4.78 is 5.19. The molecule has 0 fully saturated rings. The SMILES string of the molecule is C=CCCCC1=N[C@H](c2ccccc2)COC1=O. The summed E-state index contributed by atoms with van der Waals surface area (Å²) in [7, 11) is 0. The molecule has 0 amide bonds. The van der Waals surface area contributed by atoms with Gasteiger partial charge in [0.15, 0.2) is 0 Å². The Bertz CT molecular complexity index is 451. The first-order chi connectivity index (χ1) is 8.81. The lowest BCUT2D eigenvalue weighted by Gasteiger charge is -2.20. The third kappa shape index (κ3) is 3.06. The molecule has 0 saturated carbocycles. The van der Waals surface area contributed by atoms with Crippen molar-refractivity contribution in [3.8, 4) is 0 Å². The van der Waals surface area contributed by atoms with Gasteiger partial charge in [0.2, 0.25) is 0 Å². The van der Waals surface area contributed by atoms with Gasteiger partial charge >= 0.3 is 5.97 Å². The summed E-state index contributed by atoms with van der Waals surface area (Å²) in [6, 6.07) is 9.87. The maximum absolute atomic E-state index is 11.6. The molecule has 0 unspecified atom stereocenters. The normalized spacial score (nSPS) is 19.0. The van der Waals surface area contributed by atoms with Crippen molar-refractivity contribution < 1.29 is 9.53 Å². The molecule has 1 aromatic rings. The third-order valence-corrected chi connectivity index (χ3v) is 2.93. The van der Waals surface area contributed by atoms with Crippen molar-refractivity contribution in [2.45, 2.75) is 25.3 Å². The minimum atomic E-state index is -0.272. The largest absolute Gasteiger partial charge is 0.459 e. The van der Waals surface area contributed by atoms with Crippen molar-refractivity contribution in [1.29, 1.82) is 0 Å². The second kappa shape index (κ2) is 6.15. The predicted molar refractivity (Wildman–Crippen MR) is 71.6 cm³/mol. The fourth-order valence-corrected chi connectivity index (χ4v) is 1.94. The maximum atomic E-state index is 11.6. The maximum Gasteiger partial charge on any atom is 0.352 e. The molecule has 18 heavy (non-hydrogen) atoms. The number of esters is 1. The van der Waals surface area contributed by atoms with Crippen LogP contribution in [-0.4, -0.2) is 18.3 Å². The van der Waals surface area contributed by atoms with Gasteiger partial charge in [-0.05, 0) is 24.8 Å². The predicted octanol–water partition coefficient (Wildman–Crippen LogP) is 3.08. The molecule has 0 N–H and O–H groups in total. The Morgan fingerprint density at radius 3 is 2.89 bits per heavy atom. The number of benzene rings is 1. The smallest absolute Gasteiger partial charge is 0.352 e. The number of unbranched alkanes of at least 4 members (excludes halogenated alkanes) is 1. The van der Waals surface area contributed by atoms with Gasteiger partial charge in [0, 0.05) is 0 Å². The van der Waals surface area contributed by atoms with Crippen LogP contribution in [0, 0.1) is 0 Å². The Labute approximate surface area is 107 Å². The van der Waals surface area contributed by atoms with Crippen LogP contribution in [0.2, 0.25) is 0 Å². The average molecular weight is 243 g/mol. The Kier molecular flexibility index (Phi) is 4.29. The molecule has 1 heterocycles. The first kappa shape index (κ1) is 12.6. The molecule has 1 atom stereocenters. The fourth-order valence-electron chi connectivity index (χ4n) is 1.94. The van der Waals surface area contributed by atoms with Crippen molar-refractivity contribution >= 4 is 11.7 Å². The summed E-state index contributed by atoms with van der Waals surface area (Å²) in [6.07, 6.45) is 4.29. The van der Waals surface area contributed by atoms with Gasteiger partial charge in [-0.1, -0.05) is 36.4 Å². The summed E-state index contributed by atoms with van der Waals surface area (Å²) in [5.41, 5.74) is 1.64. The Balaban J connectivity index is 2.09. The van der Waals surface area contributed by atoms with Gasteiger partial charge in [-0.2, -0.15) is 0 Å². The highest BCUT2D eigenvalue weighted by Gasteiger charge is 2.23. The zero-order chi connectivity index (χ0) is 12.8. The number of nitrogens with zero attached hydrogens (tertiary/aromatic N) is 1. The van der Waals surface area contributed by atoms with Crippen LogP contribution in [-0.2, 0) is 9.53 Å². The third-order valence-electron chi connectivity index (χ3n) is 2.93. The van der Waals surface area contributed by atoms with Crippen molar-refractivity contribution in [2.24, 2.45) is 4.99 Å². The summed E-state index contributed by atoms with van der Waals surface area (Å²) in [6.45, 7) is 4.01. The number of rotatable bonds is 5. The molecular formula is C15H17NO2. The molecular weight excluding hydrogens is 226 g/mol. The van der Waals surface area contributed by atoms with Gasteiger partial charge < -0.3 is 4.74 Å². The molecule has 2 rings (SSSR count). The van der Waals surface area contributed by atoms with E-state index >= 15 is 0 Å². The highest BCUT2D eigenvalue weighted by Crippen LogP contribution is 2.22. The number of carbonyl (C=O) groups is 1. The molecule has 94 valence electrons. The topological polar surface area (TPSA) is 38.7 Å². The quantitative estimate of drug-likeness (QED) is 0.453. The summed E-state index contributed by atoms with van der Waals surface area (Å²) >= 11 is 0. The molecule has 0 bridgehead atoms. The van der Waals surface area contributed by atoms with Crippen molar-refractivity contribution in [2.75, 3.05) is 6.61 Å². The van der Waals surface area contributed by atoms with E-state index in [1.807, 2.05) is 36.4 Å². The van der Waals surface area contributed by atoms with Gasteiger partial charge in [0.1, 0.15) is 18.4 Å². The molecule has 0 saturated heterocycles. The van der Waals surface area contributed by atoms with E-state index in [1.54, 1.807) is 0 Å². The van der Waals surface area contributed by atoms with Gasteiger partial charge in [-0.15, -0.1) is 6.58 Å². The minimum absolute atomic E-state index is 0.0531. The second-order valence-electron chi connectivity index (χ2n) is 4.28. The Morgan fingerprint density at radius 1 is 1.39 bits per heavy atom. The van der Waals surface area contributed by atoms with E-state index in [9.17, 15) is 4.79 Å². The number of ether oxygens (including phenoxy) is 1. The van der Waals surface area contributed by atoms with Crippen LogP contribution in [0.5, 0.6) is 0 Å². The van der Waals surface area contributed by atoms with E-state index in [2.05, 4.69) is 11.6 Å². The average Bonchev–Trinajstić information content (AvgIpc) is 2.42. The molecule has 1 aliphatic heterocycles. The number of cyclic esters (lactones) is 1. The highest BCUT2D eigenvalue weighted by molar-refractivity contribution is 6.36. The molecule has 1 aromatic carbocycles. The van der Waals surface area contributed by atoms with E-state index in [0.29, 0.717) is 18.7 Å². The second-order valence-corrected chi connectivity index (χ2v) is 4.28. The van der Waals surface area contributed by atoms with E-state index in [1.165, 1.54) is 0 Å². The van der Waals surface area contributed by atoms with E-state index in [4.69, 9.17) is 4.74 Å². The zero-order valence-corrected chi connectivity index (χ0v) is 10.3. The Morgan fingerprint density at radius 2 is 2.17 bits per heavy atom. The van der Waals surface area contributed by atoms with Gasteiger partial charge in [-0.3, -0.25) is 4.99 Å². The van der Waals surface area contributed by atoms with E-state index in [-0.39, 0.29) is 12.0 Å². The van der Waals surface area contributed by atoms with Crippen LogP contribution in [0.3, 0.4) is 0 Å². The lowest BCUT2D eigenvalue weighted by molar-refractivity contribution is -0.137. The first-order valence-corrected chi connectivity index (χ1v) is 6.21. The van der Waals surface area contributed by atoms with Crippen LogP contribution in [0.4, 0.5) is 0 Å². The summed E-state index contributed by atoms with van der Waals surface area (Å²) in [4.78, 5) is 16.1. The van der Waals surface area contributed by atoms with Crippen molar-refractivity contribution in [3.63, 3.8) is 0 Å². The lowest BCUT2D eigenvalue weighted by atomic mass is 10.1. The minimum Gasteiger partial charge on any atom is -0.459 e. The lowest BCUT2D eigenvalue weighted by Crippen LogP contribution is -2.26. The van der Waals surface area contributed by atoms with E-state index < -0.39 is 0 Å². The molecule has 3 nitrogen and oxygen atoms in total. The van der Waals surface area contributed by atoms with Gasteiger partial charge in [0.25, 0.3) is 0 Å². The standard InChI is InChI=1S/C15H17NO2/c1-2-3-5-10-13-15(17)18-11-14(16-13)12-8-6-4-7-9-12/h2,4,6-9,14H,1,3,5,10-11H2/t14-/m0/s1. The van der Waals surface area contributed by atoms with Gasteiger partial charge in [-0.25, -0.2) is 4.79 Å². The van der Waals surface area contributed by atoms with E-state index in [0.717, 1.165) is 18.4 Å². The molecule has 3 heteroatoms. The van der Waals surface area contributed by atoms with Crippen molar-refractivity contribution in [3.05, 3.63) is 48.6 Å². The molecule has 0 spiro atoms. The van der Waals surface area contributed by atoms with Crippen LogP contribution in [0.1, 0.15) is 30.9 Å². The number of hydrogen-bond acceptors (Lipinski definition) is 3. The number of hydrogen-bond donors (Lipinski definition) is 0. The van der Waals surface area contributed by atoms with Crippen LogP contribution < -0.4 is 0 Å². The summed E-state index contributed by atoms with van der Waals surface area (Å²) in [5.74, 6) is -0.272. The first-order valence-electron chi connectivity index (χ1n) is 6.21. The molecule has 0 radical (unpaired) electrons. The number of aliphatic imine (C=N–C) groups is 1. The van der Waals surface area contributed by atoms with Gasteiger partial charge in [0.05, 0.1) is 0 Å².